The predicted octanol–water partition coefficient (Wildman–Crippen LogP) is 2.67. The van der Waals surface area contributed by atoms with E-state index in [4.69, 9.17) is 23.2 Å². The zero-order chi connectivity index (χ0) is 13.1. The molecule has 1 aliphatic rings. The topological polar surface area (TPSA) is 23.6 Å². The lowest BCUT2D eigenvalue weighted by Crippen LogP contribution is -2.49. The Morgan fingerprint density at radius 1 is 1.39 bits per heavy atom. The molecule has 1 aromatic rings. The maximum Gasteiger partial charge on any atom is 0.240 e. The van der Waals surface area contributed by atoms with Crippen molar-refractivity contribution >= 4 is 40.4 Å². The van der Waals surface area contributed by atoms with Crippen molar-refractivity contribution < 1.29 is 4.79 Å². The van der Waals surface area contributed by atoms with Crippen molar-refractivity contribution in [1.29, 1.82) is 0 Å². The fourth-order valence-electron chi connectivity index (χ4n) is 2.04. The van der Waals surface area contributed by atoms with Crippen LogP contribution >= 0.6 is 34.5 Å². The van der Waals surface area contributed by atoms with Crippen LogP contribution in [-0.4, -0.2) is 47.3 Å². The van der Waals surface area contributed by atoms with Crippen LogP contribution in [0.2, 0.25) is 4.34 Å². The summed E-state index contributed by atoms with van der Waals surface area (Å²) in [4.78, 5) is 17.2. The van der Waals surface area contributed by atoms with Crippen molar-refractivity contribution in [3.8, 4) is 0 Å². The Bertz CT molecular complexity index is 414. The van der Waals surface area contributed by atoms with E-state index in [9.17, 15) is 4.79 Å². The minimum Gasteiger partial charge on any atom is -0.339 e. The number of nitrogens with zero attached hydrogens (tertiary/aromatic N) is 2. The molecule has 0 aromatic carbocycles. The Balaban J connectivity index is 1.82. The van der Waals surface area contributed by atoms with Crippen molar-refractivity contribution in [2.24, 2.45) is 0 Å². The molecule has 0 N–H and O–H groups in total. The molecule has 0 bridgehead atoms. The summed E-state index contributed by atoms with van der Waals surface area (Å²) < 4.78 is 0.828. The van der Waals surface area contributed by atoms with Crippen LogP contribution in [0.4, 0.5) is 0 Å². The lowest BCUT2D eigenvalue weighted by atomic mass is 10.2. The zero-order valence-corrected chi connectivity index (χ0v) is 12.6. The van der Waals surface area contributed by atoms with Crippen LogP contribution in [0.15, 0.2) is 12.1 Å². The molecule has 6 heteroatoms. The number of piperazine rings is 1. The molecule has 3 nitrogen and oxygen atoms in total. The monoisotopic (exact) mass is 306 g/mol. The van der Waals surface area contributed by atoms with Gasteiger partial charge in [0.15, 0.2) is 0 Å². The Labute approximate surface area is 121 Å². The highest BCUT2D eigenvalue weighted by Crippen LogP contribution is 2.23. The molecule has 2 heterocycles. The summed E-state index contributed by atoms with van der Waals surface area (Å²) in [6.45, 7) is 5.94. The Hall–Kier alpha value is -0.290. The van der Waals surface area contributed by atoms with Gasteiger partial charge in [-0.3, -0.25) is 9.69 Å². The fourth-order valence-corrected chi connectivity index (χ4v) is 3.30. The van der Waals surface area contributed by atoms with Gasteiger partial charge in [-0.25, -0.2) is 0 Å². The molecule has 1 aromatic heterocycles. The number of hydrogen-bond acceptors (Lipinski definition) is 3. The summed E-state index contributed by atoms with van der Waals surface area (Å²) in [5, 5.41) is -0.423. The maximum absolute atomic E-state index is 11.7. The van der Waals surface area contributed by atoms with E-state index in [1.165, 1.54) is 4.88 Å². The summed E-state index contributed by atoms with van der Waals surface area (Å²) in [5.41, 5.74) is 0. The van der Waals surface area contributed by atoms with E-state index in [1.807, 2.05) is 11.0 Å². The molecule has 1 atom stereocenters. The number of halogens is 2. The first-order valence-corrected chi connectivity index (χ1v) is 7.59. The first kappa shape index (κ1) is 14.1. The normalized spacial score (nSPS) is 18.9. The van der Waals surface area contributed by atoms with Crippen molar-refractivity contribution in [2.75, 3.05) is 26.2 Å². The number of hydrogen-bond donors (Lipinski definition) is 0. The summed E-state index contributed by atoms with van der Waals surface area (Å²) in [6, 6.07) is 3.99. The first-order chi connectivity index (χ1) is 8.56. The molecule has 1 fully saturated rings. The van der Waals surface area contributed by atoms with Crippen LogP contribution in [0.5, 0.6) is 0 Å². The van der Waals surface area contributed by atoms with E-state index in [0.29, 0.717) is 0 Å². The van der Waals surface area contributed by atoms with Gasteiger partial charge in [-0.1, -0.05) is 11.6 Å². The summed E-state index contributed by atoms with van der Waals surface area (Å²) in [5.74, 6) is 0.0375. The van der Waals surface area contributed by atoms with Crippen LogP contribution in [-0.2, 0) is 11.3 Å². The van der Waals surface area contributed by atoms with Gasteiger partial charge >= 0.3 is 0 Å². The molecule has 1 amide bonds. The van der Waals surface area contributed by atoms with Gasteiger partial charge < -0.3 is 4.90 Å². The van der Waals surface area contributed by atoms with E-state index in [-0.39, 0.29) is 5.91 Å². The quantitative estimate of drug-likeness (QED) is 0.802. The zero-order valence-electron chi connectivity index (χ0n) is 10.2. The third-order valence-corrected chi connectivity index (χ3v) is 4.44. The number of carbonyl (C=O) groups is 1. The first-order valence-electron chi connectivity index (χ1n) is 5.95. The number of carbonyl (C=O) groups excluding carboxylic acids is 1. The highest BCUT2D eigenvalue weighted by Gasteiger charge is 2.23. The van der Waals surface area contributed by atoms with Gasteiger partial charge in [0, 0.05) is 37.6 Å². The van der Waals surface area contributed by atoms with Gasteiger partial charge in [-0.15, -0.1) is 22.9 Å². The summed E-state index contributed by atoms with van der Waals surface area (Å²) >= 11 is 13.3. The molecular weight excluding hydrogens is 291 g/mol. The van der Waals surface area contributed by atoms with Gasteiger partial charge in [0.25, 0.3) is 0 Å². The van der Waals surface area contributed by atoms with E-state index in [0.717, 1.165) is 37.1 Å². The standard InChI is InChI=1S/C12H16Cl2N2OS/c1-9(13)12(17)16-6-4-15(5-7-16)8-10-2-3-11(14)18-10/h2-3,9H,4-8H2,1H3. The van der Waals surface area contributed by atoms with Crippen LogP contribution in [0.3, 0.4) is 0 Å². The van der Waals surface area contributed by atoms with E-state index < -0.39 is 5.38 Å². The molecule has 0 radical (unpaired) electrons. The van der Waals surface area contributed by atoms with E-state index in [2.05, 4.69) is 11.0 Å². The Kier molecular flexibility index (Phi) is 4.90. The average Bonchev–Trinajstić information content (AvgIpc) is 2.75. The third-order valence-electron chi connectivity index (χ3n) is 3.03. The molecule has 0 spiro atoms. The fraction of sp³-hybridized carbons (Fsp3) is 0.583. The Morgan fingerprint density at radius 2 is 2.06 bits per heavy atom. The number of thiophene rings is 1. The van der Waals surface area contributed by atoms with Gasteiger partial charge in [0.2, 0.25) is 5.91 Å². The minimum atomic E-state index is -0.423. The number of rotatable bonds is 3. The number of amides is 1. The second-order valence-electron chi connectivity index (χ2n) is 4.42. The third kappa shape index (κ3) is 3.60. The smallest absolute Gasteiger partial charge is 0.240 e. The predicted molar refractivity (Wildman–Crippen MR) is 76.5 cm³/mol. The Morgan fingerprint density at radius 3 is 2.56 bits per heavy atom. The highest BCUT2D eigenvalue weighted by atomic mass is 35.5. The van der Waals surface area contributed by atoms with Crippen molar-refractivity contribution in [2.45, 2.75) is 18.8 Å². The second kappa shape index (κ2) is 6.24. The van der Waals surface area contributed by atoms with E-state index >= 15 is 0 Å². The lowest BCUT2D eigenvalue weighted by molar-refractivity contribution is -0.132. The number of alkyl halides is 1. The molecule has 1 unspecified atom stereocenters. The largest absolute Gasteiger partial charge is 0.339 e. The minimum absolute atomic E-state index is 0.0375. The van der Waals surface area contributed by atoms with Crippen LogP contribution < -0.4 is 0 Å². The molecule has 2 rings (SSSR count). The molecule has 1 aliphatic heterocycles. The molecule has 0 saturated carbocycles. The van der Waals surface area contributed by atoms with Crippen LogP contribution in [0, 0.1) is 0 Å². The molecule has 100 valence electrons. The van der Waals surface area contributed by atoms with E-state index in [1.54, 1.807) is 18.3 Å². The average molecular weight is 307 g/mol. The SMILES string of the molecule is CC(Cl)C(=O)N1CCN(Cc2ccc(Cl)s2)CC1. The van der Waals surface area contributed by atoms with Gasteiger partial charge in [0.05, 0.1) is 4.34 Å². The van der Waals surface area contributed by atoms with Gasteiger partial charge in [-0.2, -0.15) is 0 Å². The maximum atomic E-state index is 11.7. The highest BCUT2D eigenvalue weighted by molar-refractivity contribution is 7.16. The van der Waals surface area contributed by atoms with Crippen LogP contribution in [0.1, 0.15) is 11.8 Å². The molecular formula is C12H16Cl2N2OS. The lowest BCUT2D eigenvalue weighted by Gasteiger charge is -2.35. The molecule has 1 saturated heterocycles. The summed E-state index contributed by atoms with van der Waals surface area (Å²) in [7, 11) is 0. The molecule has 18 heavy (non-hydrogen) atoms. The second-order valence-corrected chi connectivity index (χ2v) is 6.88. The van der Waals surface area contributed by atoms with Crippen molar-refractivity contribution in [1.82, 2.24) is 9.80 Å². The van der Waals surface area contributed by atoms with Gasteiger partial charge in [-0.05, 0) is 19.1 Å². The summed E-state index contributed by atoms with van der Waals surface area (Å²) in [6.07, 6.45) is 0. The van der Waals surface area contributed by atoms with Crippen molar-refractivity contribution in [3.05, 3.63) is 21.3 Å². The van der Waals surface area contributed by atoms with Crippen LogP contribution in [0.25, 0.3) is 0 Å². The molecule has 0 aliphatic carbocycles. The van der Waals surface area contributed by atoms with Crippen molar-refractivity contribution in [3.63, 3.8) is 0 Å². The van der Waals surface area contributed by atoms with Gasteiger partial charge in [0.1, 0.15) is 5.38 Å².